The molecule has 3 rings (SSSR count). The van der Waals surface area contributed by atoms with Crippen molar-refractivity contribution in [3.05, 3.63) is 47.4 Å². The lowest BCUT2D eigenvalue weighted by atomic mass is 9.87. The molecule has 2 atom stereocenters. The number of halogens is 1. The molecule has 174 valence electrons. The largest absolute Gasteiger partial charge is 0.394 e. The number of carbonyl (C=O) groups excluding carboxylic acids is 2. The molecule has 1 aromatic carbocycles. The summed E-state index contributed by atoms with van der Waals surface area (Å²) in [5, 5.41) is 10.9. The van der Waals surface area contributed by atoms with Gasteiger partial charge in [-0.2, -0.15) is 0 Å². The Bertz CT molecular complexity index is 1040. The summed E-state index contributed by atoms with van der Waals surface area (Å²) in [5.41, 5.74) is 0.595. The minimum absolute atomic E-state index is 0.0158. The molecule has 10 heteroatoms. The van der Waals surface area contributed by atoms with E-state index in [0.29, 0.717) is 30.6 Å². The first-order valence-electron chi connectivity index (χ1n) is 10.2. The molecule has 2 aromatic rings. The topological polar surface area (TPSA) is 126 Å². The van der Waals surface area contributed by atoms with Crippen molar-refractivity contribution in [3.8, 4) is 0 Å². The smallest absolute Gasteiger partial charge is 0.233 e. The molecule has 8 nitrogen and oxygen atoms in total. The minimum Gasteiger partial charge on any atom is -0.394 e. The fourth-order valence-corrected chi connectivity index (χ4v) is 4.77. The molecule has 0 radical (unpaired) electrons. The van der Waals surface area contributed by atoms with Crippen LogP contribution in [0, 0.1) is 5.92 Å². The lowest BCUT2D eigenvalue weighted by molar-refractivity contribution is -0.119. The highest BCUT2D eigenvalue weighted by molar-refractivity contribution is 7.90. The Kier molecular flexibility index (Phi) is 9.30. The van der Waals surface area contributed by atoms with Crippen LogP contribution in [-0.4, -0.2) is 47.5 Å². The minimum atomic E-state index is -3.47. The van der Waals surface area contributed by atoms with E-state index in [1.165, 1.54) is 30.7 Å². The summed E-state index contributed by atoms with van der Waals surface area (Å²) >= 11 is 6.18. The number of hydrogen-bond donors (Lipinski definition) is 2. The maximum absolute atomic E-state index is 13.0. The zero-order chi connectivity index (χ0) is 23.9. The zero-order valence-electron chi connectivity index (χ0n) is 18.3. The van der Waals surface area contributed by atoms with E-state index in [2.05, 4.69) is 15.3 Å². The Hall–Kier alpha value is -2.36. The first-order chi connectivity index (χ1) is 15.0. The highest BCUT2D eigenvalue weighted by Gasteiger charge is 2.30. The van der Waals surface area contributed by atoms with Gasteiger partial charge in [0.05, 0.1) is 22.0 Å². The lowest BCUT2D eigenvalue weighted by Gasteiger charge is -2.20. The van der Waals surface area contributed by atoms with Gasteiger partial charge < -0.3 is 10.4 Å². The third-order valence-electron chi connectivity index (χ3n) is 4.81. The van der Waals surface area contributed by atoms with Gasteiger partial charge in [-0.05, 0) is 50.3 Å². The molecule has 32 heavy (non-hydrogen) atoms. The van der Waals surface area contributed by atoms with Crippen LogP contribution in [0.5, 0.6) is 0 Å². The van der Waals surface area contributed by atoms with Gasteiger partial charge in [-0.1, -0.05) is 17.7 Å². The molecule has 0 saturated heterocycles. The molecule has 1 aliphatic carbocycles. The molecule has 1 amide bonds. The molecule has 0 spiro atoms. The van der Waals surface area contributed by atoms with Crippen LogP contribution >= 0.6 is 11.6 Å². The number of aliphatic hydroxyl groups is 1. The second-order valence-electron chi connectivity index (χ2n) is 8.07. The van der Waals surface area contributed by atoms with Crippen LogP contribution in [0.4, 0.5) is 5.82 Å². The van der Waals surface area contributed by atoms with Gasteiger partial charge in [-0.25, -0.2) is 13.4 Å². The molecule has 0 aliphatic heterocycles. The number of sulfone groups is 1. The van der Waals surface area contributed by atoms with Gasteiger partial charge >= 0.3 is 0 Å². The predicted molar refractivity (Wildman–Crippen MR) is 122 cm³/mol. The maximum Gasteiger partial charge on any atom is 0.233 e. The number of anilines is 1. The summed E-state index contributed by atoms with van der Waals surface area (Å²) in [6, 6.07) is 4.52. The highest BCUT2D eigenvalue weighted by atomic mass is 35.5. The van der Waals surface area contributed by atoms with E-state index in [1.54, 1.807) is 19.9 Å². The van der Waals surface area contributed by atoms with Crippen molar-refractivity contribution in [2.45, 2.75) is 56.4 Å². The molecular formula is C22H28ClN3O5S. The van der Waals surface area contributed by atoms with Gasteiger partial charge in [0.15, 0.2) is 15.7 Å². The number of rotatable bonds is 6. The van der Waals surface area contributed by atoms with Crippen LogP contribution in [0.25, 0.3) is 0 Å². The lowest BCUT2D eigenvalue weighted by Crippen LogP contribution is -2.24. The average Bonchev–Trinajstić information content (AvgIpc) is 3.10. The summed E-state index contributed by atoms with van der Waals surface area (Å²) in [7, 11) is -3.47. The summed E-state index contributed by atoms with van der Waals surface area (Å²) in [4.78, 5) is 32.6. The Morgan fingerprint density at radius 2 is 2.00 bits per heavy atom. The van der Waals surface area contributed by atoms with E-state index >= 15 is 0 Å². The number of nitrogens with zero attached hydrogens (tertiary/aromatic N) is 2. The zero-order valence-corrected chi connectivity index (χ0v) is 19.9. The molecule has 0 bridgehead atoms. The third-order valence-corrected chi connectivity index (χ3v) is 6.39. The van der Waals surface area contributed by atoms with E-state index in [1.807, 2.05) is 0 Å². The van der Waals surface area contributed by atoms with Gasteiger partial charge in [0.2, 0.25) is 5.91 Å². The Morgan fingerprint density at radius 1 is 1.31 bits per heavy atom. The molecule has 1 saturated carbocycles. The van der Waals surface area contributed by atoms with E-state index in [-0.39, 0.29) is 33.6 Å². The van der Waals surface area contributed by atoms with Gasteiger partial charge in [0, 0.05) is 37.6 Å². The average molecular weight is 482 g/mol. The number of carbonyl (C=O) groups is 2. The molecule has 1 aromatic heterocycles. The van der Waals surface area contributed by atoms with E-state index in [4.69, 9.17) is 16.7 Å². The van der Waals surface area contributed by atoms with Crippen LogP contribution < -0.4 is 5.32 Å². The monoisotopic (exact) mass is 481 g/mol. The normalized spacial score (nSPS) is 16.9. The molecule has 2 N–H and O–H groups in total. The van der Waals surface area contributed by atoms with E-state index < -0.39 is 15.8 Å². The van der Waals surface area contributed by atoms with Crippen LogP contribution in [0.15, 0.2) is 41.7 Å². The molecular weight excluding hydrogens is 454 g/mol. The van der Waals surface area contributed by atoms with Crippen molar-refractivity contribution in [1.29, 1.82) is 0 Å². The summed E-state index contributed by atoms with van der Waals surface area (Å²) in [6.45, 7) is 3.44. The summed E-state index contributed by atoms with van der Waals surface area (Å²) in [5.74, 6) is -0.284. The number of hydrogen-bond acceptors (Lipinski definition) is 7. The van der Waals surface area contributed by atoms with Crippen LogP contribution in [0.3, 0.4) is 0 Å². The van der Waals surface area contributed by atoms with E-state index in [0.717, 1.165) is 12.7 Å². The standard InChI is InChI=1S/C19H20ClN3O4S.C3H8O/c1-28(26,27)17-5-3-13(10-16(17)20)15(9-12-2-4-14(24)8-12)19(25)23-18-11-21-6-7-22-18;1-3(2)4/h3,5-7,10-12,15H,2,4,8-9H2,1H3,(H,22,23,25);3-4H,1-2H3/t12-,15+;/m0./s1. The number of ketones is 1. The number of Topliss-reactive ketones (excluding diaryl/α,β-unsaturated/α-hetero) is 1. The second kappa shape index (κ2) is 11.5. The first kappa shape index (κ1) is 25.9. The van der Waals surface area contributed by atoms with Crippen molar-refractivity contribution in [3.63, 3.8) is 0 Å². The number of nitrogens with one attached hydrogen (secondary N) is 1. The third kappa shape index (κ3) is 7.96. The van der Waals surface area contributed by atoms with Crippen LogP contribution in [0.1, 0.15) is 51.0 Å². The molecule has 0 unspecified atom stereocenters. The van der Waals surface area contributed by atoms with Gasteiger partial charge in [-0.15, -0.1) is 0 Å². The molecule has 1 heterocycles. The van der Waals surface area contributed by atoms with Gasteiger partial charge in [-0.3, -0.25) is 14.6 Å². The predicted octanol–water partition coefficient (Wildman–Crippen LogP) is 3.40. The Morgan fingerprint density at radius 3 is 2.50 bits per heavy atom. The van der Waals surface area contributed by atoms with Gasteiger partial charge in [0.1, 0.15) is 5.78 Å². The Labute approximate surface area is 193 Å². The van der Waals surface area contributed by atoms with Crippen LogP contribution in [0.2, 0.25) is 5.02 Å². The van der Waals surface area contributed by atoms with Crippen molar-refractivity contribution in [2.75, 3.05) is 11.6 Å². The van der Waals surface area contributed by atoms with Crippen LogP contribution in [-0.2, 0) is 19.4 Å². The number of amides is 1. The van der Waals surface area contributed by atoms with Crippen molar-refractivity contribution in [1.82, 2.24) is 9.97 Å². The van der Waals surface area contributed by atoms with Crippen molar-refractivity contribution < 1.29 is 23.1 Å². The van der Waals surface area contributed by atoms with Gasteiger partial charge in [0.25, 0.3) is 0 Å². The number of benzene rings is 1. The van der Waals surface area contributed by atoms with Crippen molar-refractivity contribution >= 4 is 38.9 Å². The fourth-order valence-electron chi connectivity index (χ4n) is 3.43. The fraction of sp³-hybridized carbons (Fsp3) is 0.455. The second-order valence-corrected chi connectivity index (χ2v) is 10.5. The highest BCUT2D eigenvalue weighted by Crippen LogP contribution is 2.35. The van der Waals surface area contributed by atoms with Crippen molar-refractivity contribution in [2.24, 2.45) is 5.92 Å². The first-order valence-corrected chi connectivity index (χ1v) is 12.5. The Balaban J connectivity index is 0.000000837. The molecule has 1 fully saturated rings. The number of aromatic nitrogens is 2. The number of aliphatic hydroxyl groups excluding tert-OH is 1. The van der Waals surface area contributed by atoms with E-state index in [9.17, 15) is 18.0 Å². The molecule has 1 aliphatic rings. The SMILES string of the molecule is CC(C)O.CS(=O)(=O)c1ccc([C@@H](C[C@H]2CCC(=O)C2)C(=O)Nc2cnccn2)cc1Cl. The summed E-state index contributed by atoms with van der Waals surface area (Å²) in [6.07, 6.45) is 7.50. The quantitative estimate of drug-likeness (QED) is 0.647. The summed E-state index contributed by atoms with van der Waals surface area (Å²) < 4.78 is 23.6. The maximum atomic E-state index is 13.0.